The summed E-state index contributed by atoms with van der Waals surface area (Å²) >= 11 is 2.49. The maximum absolute atomic E-state index is 5.29. The topological polar surface area (TPSA) is 43.6 Å². The molecule has 0 radical (unpaired) electrons. The fraction of sp³-hybridized carbons (Fsp3) is 0.0652. The Bertz CT molecular complexity index is 2620. The molecule has 2 aliphatic rings. The van der Waals surface area contributed by atoms with Crippen molar-refractivity contribution in [2.75, 3.05) is 0 Å². The monoisotopic (exact) mass is 766 g/mol. The average Bonchev–Trinajstić information content (AvgIpc) is 3.68. The van der Waals surface area contributed by atoms with Gasteiger partial charge in [-0.25, -0.2) is 4.98 Å². The molecule has 0 amide bonds. The van der Waals surface area contributed by atoms with Crippen LogP contribution in [-0.2, 0) is 5.41 Å². The molecule has 51 heavy (non-hydrogen) atoms. The summed E-state index contributed by atoms with van der Waals surface area (Å²) < 4.78 is 2.48. The molecule has 2 heterocycles. The van der Waals surface area contributed by atoms with Crippen molar-refractivity contribution < 1.29 is 0 Å². The number of para-hydroxylation sites is 1. The SMILES string of the molecule is IC1C=CC=CC1c1nc(-c2ccccc2)nc(-n2c3ccccc3c3cc4c(cc32)-c2ccccc2C4(c2ccccc2)c2ccccc2)n1. The summed E-state index contributed by atoms with van der Waals surface area (Å²) in [4.78, 5) is 15.6. The Hall–Kier alpha value is -5.66. The van der Waals surface area contributed by atoms with Crippen LogP contribution in [0.15, 0.2) is 176 Å². The molecule has 0 N–H and O–H groups in total. The molecule has 0 saturated heterocycles. The Morgan fingerprint density at radius 3 is 1.92 bits per heavy atom. The predicted octanol–water partition coefficient (Wildman–Crippen LogP) is 11.0. The minimum atomic E-state index is -0.483. The zero-order chi connectivity index (χ0) is 33.9. The van der Waals surface area contributed by atoms with E-state index in [0.717, 1.165) is 27.8 Å². The van der Waals surface area contributed by atoms with Crippen LogP contribution in [0.5, 0.6) is 0 Å². The normalized spacial score (nSPS) is 17.1. The lowest BCUT2D eigenvalue weighted by atomic mass is 9.67. The van der Waals surface area contributed by atoms with Gasteiger partial charge in [0, 0.05) is 20.3 Å². The number of benzene rings is 6. The quantitative estimate of drug-likeness (QED) is 0.129. The van der Waals surface area contributed by atoms with Gasteiger partial charge in [-0.05, 0) is 51.6 Å². The van der Waals surface area contributed by atoms with Gasteiger partial charge in [0.15, 0.2) is 5.82 Å². The van der Waals surface area contributed by atoms with Crippen LogP contribution in [-0.4, -0.2) is 23.4 Å². The van der Waals surface area contributed by atoms with Gasteiger partial charge in [0.1, 0.15) is 5.82 Å². The van der Waals surface area contributed by atoms with Gasteiger partial charge >= 0.3 is 0 Å². The molecular formula is C46H31IN4. The highest BCUT2D eigenvalue weighted by molar-refractivity contribution is 14.1. The molecule has 0 spiro atoms. The van der Waals surface area contributed by atoms with Gasteiger partial charge in [-0.2, -0.15) is 9.97 Å². The van der Waals surface area contributed by atoms with E-state index in [0.29, 0.717) is 11.8 Å². The summed E-state index contributed by atoms with van der Waals surface area (Å²) in [6.07, 6.45) is 8.61. The molecule has 2 aromatic heterocycles. The van der Waals surface area contributed by atoms with Gasteiger partial charge in [0.2, 0.25) is 5.95 Å². The third kappa shape index (κ3) is 4.61. The van der Waals surface area contributed by atoms with Gasteiger partial charge in [0.05, 0.1) is 22.4 Å². The minimum Gasteiger partial charge on any atom is -0.278 e. The first kappa shape index (κ1) is 30.2. The molecule has 0 aliphatic heterocycles. The fourth-order valence-electron chi connectivity index (χ4n) is 8.27. The Morgan fingerprint density at radius 2 is 1.18 bits per heavy atom. The van der Waals surface area contributed by atoms with Crippen molar-refractivity contribution in [1.29, 1.82) is 0 Å². The molecule has 0 bridgehead atoms. The Kier molecular flexibility index (Phi) is 7.10. The summed E-state index contributed by atoms with van der Waals surface area (Å²) in [6, 6.07) is 54.6. The van der Waals surface area contributed by atoms with E-state index in [1.165, 1.54) is 38.8 Å². The third-order valence-electron chi connectivity index (χ3n) is 10.5. The Balaban J connectivity index is 1.30. The zero-order valence-corrected chi connectivity index (χ0v) is 29.7. The number of nitrogens with zero attached hydrogens (tertiary/aromatic N) is 4. The van der Waals surface area contributed by atoms with E-state index >= 15 is 0 Å². The molecule has 0 saturated carbocycles. The number of aromatic nitrogens is 4. The van der Waals surface area contributed by atoms with E-state index in [4.69, 9.17) is 15.0 Å². The van der Waals surface area contributed by atoms with Crippen molar-refractivity contribution in [1.82, 2.24) is 19.5 Å². The van der Waals surface area contributed by atoms with Crippen molar-refractivity contribution in [2.24, 2.45) is 0 Å². The van der Waals surface area contributed by atoms with Crippen molar-refractivity contribution in [3.8, 4) is 28.5 Å². The van der Waals surface area contributed by atoms with Crippen LogP contribution in [0.3, 0.4) is 0 Å². The molecule has 0 fully saturated rings. The molecule has 2 aliphatic carbocycles. The first-order valence-corrected chi connectivity index (χ1v) is 18.6. The van der Waals surface area contributed by atoms with Crippen LogP contribution in [0.1, 0.15) is 34.0 Å². The molecule has 2 atom stereocenters. The second kappa shape index (κ2) is 12.0. The molecule has 10 rings (SSSR count). The molecule has 242 valence electrons. The first-order chi connectivity index (χ1) is 25.2. The Morgan fingerprint density at radius 1 is 0.529 bits per heavy atom. The van der Waals surface area contributed by atoms with Crippen molar-refractivity contribution in [3.05, 3.63) is 204 Å². The number of fused-ring (bicyclic) bond motifs is 6. The van der Waals surface area contributed by atoms with Gasteiger partial charge in [-0.1, -0.05) is 180 Å². The van der Waals surface area contributed by atoms with Crippen LogP contribution < -0.4 is 0 Å². The molecule has 6 aromatic carbocycles. The summed E-state index contributed by atoms with van der Waals surface area (Å²) in [5.74, 6) is 2.09. The van der Waals surface area contributed by atoms with Crippen LogP contribution in [0, 0.1) is 0 Å². The summed E-state index contributed by atoms with van der Waals surface area (Å²) in [5, 5.41) is 2.33. The zero-order valence-electron chi connectivity index (χ0n) is 27.6. The standard InChI is InChI=1S/C46H31IN4/c47-40-26-14-11-24-35(40)44-48-43(30-16-4-1-5-17-30)49-45(50-44)51-41-27-15-12-23-34(41)37-28-39-36(29-42(37)51)33-22-10-13-25-38(33)46(39,31-18-6-2-7-19-31)32-20-8-3-9-21-32/h1-29,35,40H. The van der Waals surface area contributed by atoms with E-state index in [9.17, 15) is 0 Å². The Labute approximate surface area is 310 Å². The molecular weight excluding hydrogens is 735 g/mol. The second-order valence-corrected chi connectivity index (χ2v) is 14.7. The minimum absolute atomic E-state index is 0.0291. The highest BCUT2D eigenvalue weighted by Gasteiger charge is 2.46. The summed E-state index contributed by atoms with van der Waals surface area (Å²) in [7, 11) is 0. The van der Waals surface area contributed by atoms with Crippen LogP contribution in [0.2, 0.25) is 0 Å². The van der Waals surface area contributed by atoms with Gasteiger partial charge in [-0.15, -0.1) is 0 Å². The van der Waals surface area contributed by atoms with Gasteiger partial charge in [-0.3, -0.25) is 4.57 Å². The lowest BCUT2D eigenvalue weighted by Gasteiger charge is -2.33. The molecule has 4 nitrogen and oxygen atoms in total. The van der Waals surface area contributed by atoms with Gasteiger partial charge < -0.3 is 0 Å². The van der Waals surface area contributed by atoms with Gasteiger partial charge in [0.25, 0.3) is 0 Å². The van der Waals surface area contributed by atoms with Crippen LogP contribution >= 0.6 is 22.6 Å². The average molecular weight is 767 g/mol. The summed E-state index contributed by atoms with van der Waals surface area (Å²) in [6.45, 7) is 0. The lowest BCUT2D eigenvalue weighted by molar-refractivity contribution is 0.768. The largest absolute Gasteiger partial charge is 0.278 e. The van der Waals surface area contributed by atoms with E-state index < -0.39 is 5.41 Å². The fourth-order valence-corrected chi connectivity index (χ4v) is 9.07. The maximum Gasteiger partial charge on any atom is 0.238 e. The van der Waals surface area contributed by atoms with Crippen molar-refractivity contribution in [2.45, 2.75) is 15.3 Å². The number of allylic oxidation sites excluding steroid dienone is 4. The van der Waals surface area contributed by atoms with Crippen LogP contribution in [0.4, 0.5) is 0 Å². The molecule has 2 unspecified atom stereocenters. The second-order valence-electron chi connectivity index (χ2n) is 13.2. The number of alkyl halides is 1. The van der Waals surface area contributed by atoms with E-state index in [1.54, 1.807) is 0 Å². The van der Waals surface area contributed by atoms with Crippen LogP contribution in [0.25, 0.3) is 50.3 Å². The van der Waals surface area contributed by atoms with Crippen molar-refractivity contribution >= 4 is 44.4 Å². The van der Waals surface area contributed by atoms with E-state index in [2.05, 4.69) is 185 Å². The number of hydrogen-bond acceptors (Lipinski definition) is 3. The van der Waals surface area contributed by atoms with E-state index in [1.807, 2.05) is 18.2 Å². The highest BCUT2D eigenvalue weighted by Crippen LogP contribution is 2.57. The highest BCUT2D eigenvalue weighted by atomic mass is 127. The molecule has 5 heteroatoms. The van der Waals surface area contributed by atoms with E-state index in [-0.39, 0.29) is 9.84 Å². The smallest absolute Gasteiger partial charge is 0.238 e. The number of hydrogen-bond donors (Lipinski definition) is 0. The van der Waals surface area contributed by atoms with Crippen molar-refractivity contribution in [3.63, 3.8) is 0 Å². The maximum atomic E-state index is 5.29. The third-order valence-corrected chi connectivity index (χ3v) is 11.7. The lowest BCUT2D eigenvalue weighted by Crippen LogP contribution is -2.28. The molecule has 8 aromatic rings. The number of rotatable bonds is 5. The number of halogens is 1. The summed E-state index contributed by atoms with van der Waals surface area (Å²) in [5.41, 5.74) is 10.2. The first-order valence-electron chi connectivity index (χ1n) is 17.3. The predicted molar refractivity (Wildman–Crippen MR) is 216 cm³/mol.